The highest BCUT2D eigenvalue weighted by atomic mass is 35.6. The first-order chi connectivity index (χ1) is 6.91. The summed E-state index contributed by atoms with van der Waals surface area (Å²) in [6, 6.07) is 0. The van der Waals surface area contributed by atoms with E-state index >= 15 is 0 Å². The fraction of sp³-hybridized carbons (Fsp3) is 0.900. The molecule has 88 valence electrons. The Morgan fingerprint density at radius 3 is 2.27 bits per heavy atom. The highest BCUT2D eigenvalue weighted by Gasteiger charge is 2.34. The Hall–Kier alpha value is 0.500. The van der Waals surface area contributed by atoms with E-state index in [0.717, 1.165) is 25.7 Å². The zero-order valence-electron chi connectivity index (χ0n) is 8.39. The van der Waals surface area contributed by atoms with Crippen LogP contribution in [-0.2, 0) is 4.79 Å². The molecule has 1 N–H and O–H groups in total. The SMILES string of the molecule is O=C(C[C@H](O)C(Cl)(Cl)Cl)C1CCCCC1. The van der Waals surface area contributed by atoms with Gasteiger partial charge < -0.3 is 5.11 Å². The van der Waals surface area contributed by atoms with Gasteiger partial charge in [-0.1, -0.05) is 54.1 Å². The van der Waals surface area contributed by atoms with Crippen LogP contribution in [0.15, 0.2) is 0 Å². The summed E-state index contributed by atoms with van der Waals surface area (Å²) in [5.74, 6) is 0.0780. The lowest BCUT2D eigenvalue weighted by Gasteiger charge is -2.23. The first-order valence-corrected chi connectivity index (χ1v) is 6.32. The first kappa shape index (κ1) is 13.6. The first-order valence-electron chi connectivity index (χ1n) is 5.18. The van der Waals surface area contributed by atoms with Crippen molar-refractivity contribution in [2.75, 3.05) is 0 Å². The largest absolute Gasteiger partial charge is 0.388 e. The third-order valence-electron chi connectivity index (χ3n) is 2.83. The molecule has 0 aromatic heterocycles. The second kappa shape index (κ2) is 5.72. The van der Waals surface area contributed by atoms with Gasteiger partial charge in [-0.2, -0.15) is 0 Å². The summed E-state index contributed by atoms with van der Waals surface area (Å²) in [6.07, 6.45) is 3.92. The molecular weight excluding hydrogens is 258 g/mol. The van der Waals surface area contributed by atoms with Gasteiger partial charge in [-0.3, -0.25) is 4.79 Å². The number of aliphatic hydroxyl groups excluding tert-OH is 1. The summed E-state index contributed by atoms with van der Waals surface area (Å²) in [7, 11) is 0. The van der Waals surface area contributed by atoms with Crippen molar-refractivity contribution < 1.29 is 9.90 Å². The van der Waals surface area contributed by atoms with Crippen LogP contribution >= 0.6 is 34.8 Å². The second-order valence-corrected chi connectivity index (χ2v) is 6.43. The summed E-state index contributed by atoms with van der Waals surface area (Å²) in [5, 5.41) is 9.47. The maximum Gasteiger partial charge on any atom is 0.216 e. The number of ketones is 1. The third kappa shape index (κ3) is 4.48. The molecule has 0 saturated heterocycles. The van der Waals surface area contributed by atoms with Crippen molar-refractivity contribution in [2.45, 2.75) is 48.4 Å². The van der Waals surface area contributed by atoms with Crippen LogP contribution in [-0.4, -0.2) is 20.8 Å². The Morgan fingerprint density at radius 2 is 1.80 bits per heavy atom. The molecule has 0 spiro atoms. The third-order valence-corrected chi connectivity index (χ3v) is 3.59. The molecule has 1 aliphatic rings. The molecule has 0 heterocycles. The highest BCUT2D eigenvalue weighted by molar-refractivity contribution is 6.68. The number of Topliss-reactive ketones (excluding diaryl/α,β-unsaturated/α-hetero) is 1. The molecule has 0 amide bonds. The molecule has 0 bridgehead atoms. The smallest absolute Gasteiger partial charge is 0.216 e. The fourth-order valence-electron chi connectivity index (χ4n) is 1.90. The molecule has 5 heteroatoms. The van der Waals surface area contributed by atoms with E-state index in [1.807, 2.05) is 0 Å². The highest BCUT2D eigenvalue weighted by Crippen LogP contribution is 2.33. The Morgan fingerprint density at radius 1 is 1.27 bits per heavy atom. The van der Waals surface area contributed by atoms with Gasteiger partial charge in [0.15, 0.2) is 0 Å². The van der Waals surface area contributed by atoms with Gasteiger partial charge in [0.2, 0.25) is 3.79 Å². The van der Waals surface area contributed by atoms with Gasteiger partial charge in [-0.05, 0) is 12.8 Å². The molecule has 0 unspecified atom stereocenters. The molecule has 1 aliphatic carbocycles. The zero-order chi connectivity index (χ0) is 11.5. The van der Waals surface area contributed by atoms with Crippen LogP contribution in [0, 0.1) is 5.92 Å². The molecule has 1 atom stereocenters. The van der Waals surface area contributed by atoms with Crippen molar-refractivity contribution in [2.24, 2.45) is 5.92 Å². The van der Waals surface area contributed by atoms with Crippen LogP contribution in [0.5, 0.6) is 0 Å². The number of carbonyl (C=O) groups excluding carboxylic acids is 1. The van der Waals surface area contributed by atoms with Gasteiger partial charge in [0.05, 0.1) is 0 Å². The number of rotatable bonds is 3. The van der Waals surface area contributed by atoms with Crippen LogP contribution in [0.1, 0.15) is 38.5 Å². The maximum atomic E-state index is 11.7. The van der Waals surface area contributed by atoms with E-state index < -0.39 is 9.90 Å². The summed E-state index contributed by atoms with van der Waals surface area (Å²) in [5.41, 5.74) is 0. The molecular formula is C10H15Cl3O2. The fourth-order valence-corrected chi connectivity index (χ4v) is 2.13. The average Bonchev–Trinajstić information content (AvgIpc) is 2.17. The Bertz CT molecular complexity index is 219. The minimum Gasteiger partial charge on any atom is -0.388 e. The molecule has 0 aromatic carbocycles. The number of aliphatic hydroxyl groups is 1. The Kier molecular flexibility index (Phi) is 5.17. The molecule has 0 aliphatic heterocycles. The molecule has 1 rings (SSSR count). The summed E-state index contributed by atoms with van der Waals surface area (Å²) < 4.78 is -1.76. The Balaban J connectivity index is 2.40. The van der Waals surface area contributed by atoms with Gasteiger partial charge in [-0.25, -0.2) is 0 Å². The summed E-state index contributed by atoms with van der Waals surface area (Å²) in [4.78, 5) is 11.7. The van der Waals surface area contributed by atoms with E-state index in [0.29, 0.717) is 0 Å². The van der Waals surface area contributed by atoms with E-state index in [1.54, 1.807) is 0 Å². The van der Waals surface area contributed by atoms with Crippen molar-refractivity contribution >= 4 is 40.6 Å². The Labute approximate surface area is 105 Å². The van der Waals surface area contributed by atoms with Crippen LogP contribution in [0.25, 0.3) is 0 Å². The van der Waals surface area contributed by atoms with Crippen molar-refractivity contribution in [1.82, 2.24) is 0 Å². The van der Waals surface area contributed by atoms with Crippen LogP contribution < -0.4 is 0 Å². The van der Waals surface area contributed by atoms with Gasteiger partial charge in [0.1, 0.15) is 11.9 Å². The lowest BCUT2D eigenvalue weighted by molar-refractivity contribution is -0.125. The van der Waals surface area contributed by atoms with E-state index in [9.17, 15) is 9.90 Å². The summed E-state index contributed by atoms with van der Waals surface area (Å²) in [6.45, 7) is 0. The number of hydrogen-bond acceptors (Lipinski definition) is 2. The van der Waals surface area contributed by atoms with Crippen molar-refractivity contribution in [3.8, 4) is 0 Å². The van der Waals surface area contributed by atoms with Crippen molar-refractivity contribution in [1.29, 1.82) is 0 Å². The molecule has 1 fully saturated rings. The second-order valence-electron chi connectivity index (χ2n) is 4.06. The monoisotopic (exact) mass is 272 g/mol. The van der Waals surface area contributed by atoms with Gasteiger partial charge in [0.25, 0.3) is 0 Å². The number of halogens is 3. The van der Waals surface area contributed by atoms with Crippen LogP contribution in [0.4, 0.5) is 0 Å². The van der Waals surface area contributed by atoms with E-state index in [4.69, 9.17) is 34.8 Å². The molecule has 1 saturated carbocycles. The van der Waals surface area contributed by atoms with E-state index in [1.165, 1.54) is 6.42 Å². The lowest BCUT2D eigenvalue weighted by atomic mass is 9.84. The zero-order valence-corrected chi connectivity index (χ0v) is 10.7. The van der Waals surface area contributed by atoms with Gasteiger partial charge >= 0.3 is 0 Å². The van der Waals surface area contributed by atoms with E-state index in [2.05, 4.69) is 0 Å². The van der Waals surface area contributed by atoms with Gasteiger partial charge in [0, 0.05) is 12.3 Å². The molecule has 15 heavy (non-hydrogen) atoms. The van der Waals surface area contributed by atoms with Crippen LogP contribution in [0.3, 0.4) is 0 Å². The number of carbonyl (C=O) groups is 1. The standard InChI is InChI=1S/C10H15Cl3O2/c11-10(12,13)9(15)6-8(14)7-4-2-1-3-5-7/h7,9,15H,1-6H2/t9-/m0/s1. The summed E-state index contributed by atoms with van der Waals surface area (Å²) >= 11 is 16.5. The normalized spacial score (nSPS) is 21.3. The lowest BCUT2D eigenvalue weighted by Crippen LogP contribution is -2.31. The van der Waals surface area contributed by atoms with Crippen LogP contribution in [0.2, 0.25) is 0 Å². The number of hydrogen-bond donors (Lipinski definition) is 1. The minimum absolute atomic E-state index is 0.0218. The number of alkyl halides is 3. The molecule has 2 nitrogen and oxygen atoms in total. The quantitative estimate of drug-likeness (QED) is 0.802. The van der Waals surface area contributed by atoms with E-state index in [-0.39, 0.29) is 18.1 Å². The molecule has 0 radical (unpaired) electrons. The predicted molar refractivity (Wildman–Crippen MR) is 62.5 cm³/mol. The maximum absolute atomic E-state index is 11.7. The average molecular weight is 274 g/mol. The van der Waals surface area contributed by atoms with Gasteiger partial charge in [-0.15, -0.1) is 0 Å². The topological polar surface area (TPSA) is 37.3 Å². The van der Waals surface area contributed by atoms with Crippen molar-refractivity contribution in [3.63, 3.8) is 0 Å². The predicted octanol–water partition coefficient (Wildman–Crippen LogP) is 3.26. The minimum atomic E-state index is -1.76. The van der Waals surface area contributed by atoms with Crippen molar-refractivity contribution in [3.05, 3.63) is 0 Å². The molecule has 0 aromatic rings.